The predicted molar refractivity (Wildman–Crippen MR) is 64.9 cm³/mol. The minimum atomic E-state index is 1.10. The van der Waals surface area contributed by atoms with Gasteiger partial charge in [0.1, 0.15) is 0 Å². The second-order valence-electron chi connectivity index (χ2n) is 3.95. The summed E-state index contributed by atoms with van der Waals surface area (Å²) in [5, 5.41) is 0. The minimum absolute atomic E-state index is 1.10. The Hall–Kier alpha value is -1.57. The van der Waals surface area contributed by atoms with Crippen molar-refractivity contribution >= 4 is 11.3 Å². The number of nitrogens with zero attached hydrogens (tertiary/aromatic N) is 2. The van der Waals surface area contributed by atoms with Crippen LogP contribution in [0.1, 0.15) is 18.5 Å². The van der Waals surface area contributed by atoms with Gasteiger partial charge in [0.15, 0.2) is 0 Å². The number of allylic oxidation sites excluding steroid dienone is 4. The summed E-state index contributed by atoms with van der Waals surface area (Å²) in [6, 6.07) is 4.17. The lowest BCUT2D eigenvalue weighted by Crippen LogP contribution is -2.09. The molecular weight excluding hydrogens is 184 g/mol. The number of aromatic nitrogens is 1. The first-order chi connectivity index (χ1) is 7.27. The van der Waals surface area contributed by atoms with Gasteiger partial charge in [-0.3, -0.25) is 4.98 Å². The fraction of sp³-hybridized carbons (Fsp3) is 0.308. The number of rotatable bonds is 2. The average molecular weight is 200 g/mol. The van der Waals surface area contributed by atoms with Gasteiger partial charge in [-0.2, -0.15) is 0 Å². The zero-order chi connectivity index (χ0) is 10.7. The molecule has 0 bridgehead atoms. The van der Waals surface area contributed by atoms with E-state index in [1.807, 2.05) is 26.4 Å². The zero-order valence-corrected chi connectivity index (χ0v) is 9.27. The Morgan fingerprint density at radius 2 is 2.20 bits per heavy atom. The second-order valence-corrected chi connectivity index (χ2v) is 3.95. The van der Waals surface area contributed by atoms with Gasteiger partial charge in [-0.25, -0.2) is 0 Å². The molecule has 2 rings (SSSR count). The Labute approximate surface area is 90.9 Å². The van der Waals surface area contributed by atoms with Crippen molar-refractivity contribution < 1.29 is 0 Å². The van der Waals surface area contributed by atoms with Gasteiger partial charge in [-0.05, 0) is 30.5 Å². The van der Waals surface area contributed by atoms with Crippen molar-refractivity contribution in [3.8, 4) is 0 Å². The van der Waals surface area contributed by atoms with Crippen LogP contribution in [-0.2, 0) is 0 Å². The van der Waals surface area contributed by atoms with E-state index in [0.29, 0.717) is 0 Å². The van der Waals surface area contributed by atoms with Crippen molar-refractivity contribution in [1.82, 2.24) is 4.98 Å². The van der Waals surface area contributed by atoms with Crippen LogP contribution < -0.4 is 4.90 Å². The van der Waals surface area contributed by atoms with Crippen molar-refractivity contribution in [2.45, 2.75) is 12.8 Å². The van der Waals surface area contributed by atoms with E-state index in [1.165, 1.54) is 11.3 Å². The van der Waals surface area contributed by atoms with Crippen LogP contribution in [0.5, 0.6) is 0 Å². The maximum absolute atomic E-state index is 4.42. The molecule has 0 fully saturated rings. The van der Waals surface area contributed by atoms with E-state index in [0.717, 1.165) is 18.5 Å². The fourth-order valence-electron chi connectivity index (χ4n) is 1.69. The van der Waals surface area contributed by atoms with Gasteiger partial charge in [0.2, 0.25) is 0 Å². The topological polar surface area (TPSA) is 16.1 Å². The van der Waals surface area contributed by atoms with Gasteiger partial charge in [0.05, 0.1) is 5.69 Å². The van der Waals surface area contributed by atoms with Crippen LogP contribution in [0.25, 0.3) is 5.57 Å². The fourth-order valence-corrected chi connectivity index (χ4v) is 1.69. The predicted octanol–water partition coefficient (Wildman–Crippen LogP) is 2.88. The molecule has 0 aliphatic heterocycles. The van der Waals surface area contributed by atoms with E-state index in [9.17, 15) is 0 Å². The Morgan fingerprint density at radius 3 is 2.87 bits per heavy atom. The van der Waals surface area contributed by atoms with Gasteiger partial charge in [0.25, 0.3) is 0 Å². The highest BCUT2D eigenvalue weighted by Crippen LogP contribution is 2.24. The molecule has 0 amide bonds. The first kappa shape index (κ1) is 9.97. The Morgan fingerprint density at radius 1 is 1.33 bits per heavy atom. The van der Waals surface area contributed by atoms with Gasteiger partial charge < -0.3 is 4.90 Å². The summed E-state index contributed by atoms with van der Waals surface area (Å²) in [6.45, 7) is 0. The van der Waals surface area contributed by atoms with Crippen LogP contribution >= 0.6 is 0 Å². The smallest absolute Gasteiger partial charge is 0.0682 e. The van der Waals surface area contributed by atoms with Crippen molar-refractivity contribution in [3.63, 3.8) is 0 Å². The summed E-state index contributed by atoms with van der Waals surface area (Å²) >= 11 is 0. The van der Waals surface area contributed by atoms with E-state index in [1.54, 1.807) is 0 Å². The highest BCUT2D eigenvalue weighted by atomic mass is 15.1. The van der Waals surface area contributed by atoms with Crippen LogP contribution in [0.4, 0.5) is 5.69 Å². The number of anilines is 1. The van der Waals surface area contributed by atoms with Crippen LogP contribution in [-0.4, -0.2) is 19.1 Å². The second kappa shape index (κ2) is 4.30. The van der Waals surface area contributed by atoms with Crippen LogP contribution in [0, 0.1) is 0 Å². The van der Waals surface area contributed by atoms with Gasteiger partial charge in [-0.15, -0.1) is 0 Å². The molecule has 0 aromatic carbocycles. The molecule has 1 aromatic heterocycles. The molecule has 15 heavy (non-hydrogen) atoms. The SMILES string of the molecule is CN(C)c1ccnc(C2=CC=CCC2)c1. The molecule has 1 heterocycles. The maximum atomic E-state index is 4.42. The summed E-state index contributed by atoms with van der Waals surface area (Å²) in [7, 11) is 4.10. The van der Waals surface area contributed by atoms with E-state index in [2.05, 4.69) is 34.2 Å². The normalized spacial score (nSPS) is 14.9. The maximum Gasteiger partial charge on any atom is 0.0682 e. The van der Waals surface area contributed by atoms with E-state index in [-0.39, 0.29) is 0 Å². The third kappa shape index (κ3) is 2.27. The van der Waals surface area contributed by atoms with Gasteiger partial charge in [0, 0.05) is 26.0 Å². The van der Waals surface area contributed by atoms with Crippen molar-refractivity contribution in [2.24, 2.45) is 0 Å². The Kier molecular flexibility index (Phi) is 2.86. The van der Waals surface area contributed by atoms with Crippen molar-refractivity contribution in [1.29, 1.82) is 0 Å². The third-order valence-corrected chi connectivity index (χ3v) is 2.60. The molecule has 1 aromatic rings. The summed E-state index contributed by atoms with van der Waals surface area (Å²) in [4.78, 5) is 6.52. The molecule has 0 spiro atoms. The van der Waals surface area contributed by atoms with Gasteiger partial charge >= 0.3 is 0 Å². The molecule has 1 aliphatic carbocycles. The number of pyridine rings is 1. The molecule has 0 unspecified atom stereocenters. The first-order valence-corrected chi connectivity index (χ1v) is 5.27. The third-order valence-electron chi connectivity index (χ3n) is 2.60. The van der Waals surface area contributed by atoms with Crippen LogP contribution in [0.2, 0.25) is 0 Å². The average Bonchev–Trinajstić information content (AvgIpc) is 2.30. The summed E-state index contributed by atoms with van der Waals surface area (Å²) in [5.41, 5.74) is 3.64. The quantitative estimate of drug-likeness (QED) is 0.729. The zero-order valence-electron chi connectivity index (χ0n) is 9.27. The van der Waals surface area contributed by atoms with E-state index < -0.39 is 0 Å². The van der Waals surface area contributed by atoms with Crippen molar-refractivity contribution in [3.05, 3.63) is 42.3 Å². The molecule has 0 atom stereocenters. The Bertz CT molecular complexity index is 403. The molecule has 0 radical (unpaired) electrons. The molecule has 78 valence electrons. The lowest BCUT2D eigenvalue weighted by atomic mass is 10.0. The monoisotopic (exact) mass is 200 g/mol. The first-order valence-electron chi connectivity index (χ1n) is 5.27. The molecule has 2 heteroatoms. The summed E-state index contributed by atoms with van der Waals surface area (Å²) in [6.07, 6.45) is 10.6. The molecule has 1 aliphatic rings. The summed E-state index contributed by atoms with van der Waals surface area (Å²) in [5.74, 6) is 0. The van der Waals surface area contributed by atoms with E-state index in [4.69, 9.17) is 0 Å². The van der Waals surface area contributed by atoms with Crippen LogP contribution in [0.3, 0.4) is 0 Å². The largest absolute Gasteiger partial charge is 0.378 e. The number of hydrogen-bond acceptors (Lipinski definition) is 2. The standard InChI is InChI=1S/C13H16N2/c1-15(2)12-8-9-14-13(10-12)11-6-4-3-5-7-11/h3-4,6,8-10H,5,7H2,1-2H3. The van der Waals surface area contributed by atoms with Gasteiger partial charge in [-0.1, -0.05) is 18.2 Å². The van der Waals surface area contributed by atoms with Crippen molar-refractivity contribution in [2.75, 3.05) is 19.0 Å². The molecule has 0 saturated carbocycles. The molecule has 2 nitrogen and oxygen atoms in total. The minimum Gasteiger partial charge on any atom is -0.378 e. The lowest BCUT2D eigenvalue weighted by Gasteiger charge is -2.14. The molecular formula is C13H16N2. The molecule has 0 N–H and O–H groups in total. The highest BCUT2D eigenvalue weighted by molar-refractivity contribution is 5.68. The highest BCUT2D eigenvalue weighted by Gasteiger charge is 2.05. The van der Waals surface area contributed by atoms with Crippen LogP contribution in [0.15, 0.2) is 36.6 Å². The summed E-state index contributed by atoms with van der Waals surface area (Å²) < 4.78 is 0. The molecule has 0 saturated heterocycles. The lowest BCUT2D eigenvalue weighted by molar-refractivity contribution is 1.03. The Balaban J connectivity index is 2.32. The number of hydrogen-bond donors (Lipinski definition) is 0. The van der Waals surface area contributed by atoms with E-state index >= 15 is 0 Å².